The fraction of sp³-hybridized carbons (Fsp3) is 0.375. The maximum absolute atomic E-state index is 12.3. The van der Waals surface area contributed by atoms with Crippen LogP contribution in [0.2, 0.25) is 0 Å². The van der Waals surface area contributed by atoms with Crippen LogP contribution < -0.4 is 0 Å². The first-order valence-corrected chi connectivity index (χ1v) is 7.24. The number of hydrogen-bond acceptors (Lipinski definition) is 2. The molecule has 0 atom stereocenters. The summed E-state index contributed by atoms with van der Waals surface area (Å²) in [5.74, 6) is 0. The zero-order valence-electron chi connectivity index (χ0n) is 11.5. The smallest absolute Gasteiger partial charge is 0.184 e. The van der Waals surface area contributed by atoms with Crippen LogP contribution in [0.1, 0.15) is 37.7 Å². The van der Waals surface area contributed by atoms with E-state index in [1.54, 1.807) is 17.1 Å². The van der Waals surface area contributed by atoms with E-state index in [-0.39, 0.29) is 6.04 Å². The highest BCUT2D eigenvalue weighted by Gasteiger charge is 2.20. The number of nitrogens with zero attached hydrogens (tertiary/aromatic N) is 3. The topological polar surface area (TPSA) is 43.9 Å². The lowest BCUT2D eigenvalue weighted by Gasteiger charge is -2.21. The van der Waals surface area contributed by atoms with Gasteiger partial charge in [0.15, 0.2) is 12.3 Å². The van der Waals surface area contributed by atoms with Crippen molar-refractivity contribution in [1.29, 1.82) is 0 Å². The number of rotatable bonds is 3. The first-order chi connectivity index (χ1) is 9.84. The Bertz CT molecular complexity index is 584. The second-order valence-electron chi connectivity index (χ2n) is 5.29. The second kappa shape index (κ2) is 5.90. The largest absolute Gasteiger partial charge is 0.624 e. The highest BCUT2D eigenvalue weighted by molar-refractivity contribution is 5.81. The third-order valence-corrected chi connectivity index (χ3v) is 3.89. The molecule has 1 aromatic heterocycles. The van der Waals surface area contributed by atoms with Crippen molar-refractivity contribution in [3.63, 3.8) is 0 Å². The molecule has 4 nitrogen and oxygen atoms in total. The van der Waals surface area contributed by atoms with E-state index in [4.69, 9.17) is 0 Å². The number of benzene rings is 1. The van der Waals surface area contributed by atoms with Crippen LogP contribution >= 0.6 is 0 Å². The van der Waals surface area contributed by atoms with Gasteiger partial charge in [-0.05, 0) is 31.0 Å². The van der Waals surface area contributed by atoms with E-state index in [2.05, 4.69) is 5.10 Å². The van der Waals surface area contributed by atoms with Crippen LogP contribution in [0.15, 0.2) is 42.7 Å². The Morgan fingerprint density at radius 1 is 1.15 bits per heavy atom. The molecule has 1 heterocycles. The van der Waals surface area contributed by atoms with Gasteiger partial charge in [0.05, 0.1) is 11.3 Å². The van der Waals surface area contributed by atoms with Crippen molar-refractivity contribution in [2.45, 2.75) is 38.1 Å². The van der Waals surface area contributed by atoms with Gasteiger partial charge in [-0.1, -0.05) is 18.6 Å². The van der Waals surface area contributed by atoms with Crippen LogP contribution in [0.3, 0.4) is 0 Å². The summed E-state index contributed by atoms with van der Waals surface area (Å²) < 4.78 is 2.93. The van der Waals surface area contributed by atoms with E-state index in [0.717, 1.165) is 41.7 Å². The molecular formula is C16H19N3O. The van der Waals surface area contributed by atoms with E-state index in [0.29, 0.717) is 0 Å². The molecule has 0 N–H and O–H groups in total. The molecule has 0 unspecified atom stereocenters. The van der Waals surface area contributed by atoms with Gasteiger partial charge in [0.25, 0.3) is 0 Å². The molecular weight excluding hydrogens is 250 g/mol. The van der Waals surface area contributed by atoms with Gasteiger partial charge in [0.2, 0.25) is 0 Å². The molecule has 1 saturated carbocycles. The predicted molar refractivity (Wildman–Crippen MR) is 79.2 cm³/mol. The van der Waals surface area contributed by atoms with Crippen molar-refractivity contribution in [1.82, 2.24) is 9.78 Å². The first-order valence-electron chi connectivity index (χ1n) is 7.24. The van der Waals surface area contributed by atoms with E-state index in [1.165, 1.54) is 6.42 Å². The highest BCUT2D eigenvalue weighted by Crippen LogP contribution is 2.20. The molecule has 0 saturated heterocycles. The van der Waals surface area contributed by atoms with Crippen molar-refractivity contribution in [2.24, 2.45) is 0 Å². The number of aromatic nitrogens is 2. The van der Waals surface area contributed by atoms with Gasteiger partial charge in [-0.15, -0.1) is 0 Å². The Balaban J connectivity index is 1.90. The third kappa shape index (κ3) is 2.74. The molecule has 0 radical (unpaired) electrons. The van der Waals surface area contributed by atoms with Crippen molar-refractivity contribution < 1.29 is 4.74 Å². The van der Waals surface area contributed by atoms with Crippen LogP contribution in [0.5, 0.6) is 0 Å². The van der Waals surface area contributed by atoms with Gasteiger partial charge in [-0.3, -0.25) is 0 Å². The molecule has 3 rings (SSSR count). The Labute approximate surface area is 118 Å². The summed E-state index contributed by atoms with van der Waals surface area (Å²) in [7, 11) is 0. The molecule has 2 aromatic rings. The van der Waals surface area contributed by atoms with Crippen LogP contribution in [-0.2, 0) is 0 Å². The van der Waals surface area contributed by atoms with Crippen molar-refractivity contribution in [2.75, 3.05) is 0 Å². The SMILES string of the molecule is [O-][N+](=Cc1ccccc1-n1cccn1)C1CCCCC1. The van der Waals surface area contributed by atoms with Crippen molar-refractivity contribution in [3.8, 4) is 5.69 Å². The van der Waals surface area contributed by atoms with Crippen molar-refractivity contribution >= 4 is 6.21 Å². The summed E-state index contributed by atoms with van der Waals surface area (Å²) in [6.45, 7) is 0. The summed E-state index contributed by atoms with van der Waals surface area (Å²) >= 11 is 0. The lowest BCUT2D eigenvalue weighted by atomic mass is 9.96. The number of hydrogen-bond donors (Lipinski definition) is 0. The maximum atomic E-state index is 12.3. The Morgan fingerprint density at radius 2 is 1.95 bits per heavy atom. The third-order valence-electron chi connectivity index (χ3n) is 3.89. The van der Waals surface area contributed by atoms with Crippen LogP contribution in [-0.4, -0.2) is 26.8 Å². The molecule has 1 fully saturated rings. The molecule has 4 heteroatoms. The fourth-order valence-electron chi connectivity index (χ4n) is 2.79. The summed E-state index contributed by atoms with van der Waals surface area (Å²) in [6.07, 6.45) is 10.9. The van der Waals surface area contributed by atoms with Gasteiger partial charge in [-0.2, -0.15) is 5.10 Å². The minimum Gasteiger partial charge on any atom is -0.624 e. The van der Waals surface area contributed by atoms with Gasteiger partial charge in [0, 0.05) is 25.2 Å². The van der Waals surface area contributed by atoms with Gasteiger partial charge < -0.3 is 5.21 Å². The Morgan fingerprint density at radius 3 is 2.70 bits per heavy atom. The summed E-state index contributed by atoms with van der Waals surface area (Å²) in [6, 6.07) is 9.87. The number of para-hydroxylation sites is 1. The standard InChI is InChI=1S/C16H19N3O/c20-19(15-8-2-1-3-9-15)13-14-7-4-5-10-16(14)18-12-6-11-17-18/h4-7,10-13,15H,1-3,8-9H2. The van der Waals surface area contributed by atoms with E-state index in [1.807, 2.05) is 36.5 Å². The zero-order chi connectivity index (χ0) is 13.8. The molecule has 104 valence electrons. The predicted octanol–water partition coefficient (Wildman–Crippen LogP) is 3.13. The van der Waals surface area contributed by atoms with E-state index >= 15 is 0 Å². The Kier molecular flexibility index (Phi) is 3.81. The van der Waals surface area contributed by atoms with Crippen LogP contribution in [0, 0.1) is 5.21 Å². The van der Waals surface area contributed by atoms with Gasteiger partial charge in [-0.25, -0.2) is 9.42 Å². The molecule has 20 heavy (non-hydrogen) atoms. The molecule has 1 aliphatic carbocycles. The monoisotopic (exact) mass is 269 g/mol. The average Bonchev–Trinajstić information content (AvgIpc) is 3.03. The number of hydroxylamine groups is 1. The van der Waals surface area contributed by atoms with Gasteiger partial charge >= 0.3 is 0 Å². The molecule has 0 amide bonds. The van der Waals surface area contributed by atoms with E-state index in [9.17, 15) is 5.21 Å². The fourth-order valence-corrected chi connectivity index (χ4v) is 2.79. The molecule has 0 spiro atoms. The molecule has 1 aromatic carbocycles. The first kappa shape index (κ1) is 12.9. The summed E-state index contributed by atoms with van der Waals surface area (Å²) in [5, 5.41) is 16.6. The average molecular weight is 269 g/mol. The summed E-state index contributed by atoms with van der Waals surface area (Å²) in [5.41, 5.74) is 1.85. The Hall–Kier alpha value is -2.10. The van der Waals surface area contributed by atoms with Gasteiger partial charge in [0.1, 0.15) is 0 Å². The molecule has 1 aliphatic rings. The molecule has 0 bridgehead atoms. The van der Waals surface area contributed by atoms with Crippen molar-refractivity contribution in [3.05, 3.63) is 53.5 Å². The lowest BCUT2D eigenvalue weighted by molar-refractivity contribution is -0.500. The normalized spacial score (nSPS) is 17.3. The minimum absolute atomic E-state index is 0.134. The maximum Gasteiger partial charge on any atom is 0.184 e. The van der Waals surface area contributed by atoms with E-state index < -0.39 is 0 Å². The van der Waals surface area contributed by atoms with Crippen LogP contribution in [0.4, 0.5) is 0 Å². The zero-order valence-corrected chi connectivity index (χ0v) is 11.5. The second-order valence-corrected chi connectivity index (χ2v) is 5.29. The van der Waals surface area contributed by atoms with Crippen LogP contribution in [0.25, 0.3) is 5.69 Å². The summed E-state index contributed by atoms with van der Waals surface area (Å²) in [4.78, 5) is 0. The molecule has 0 aliphatic heterocycles. The highest BCUT2D eigenvalue weighted by atomic mass is 16.5. The minimum atomic E-state index is 0.134. The quantitative estimate of drug-likeness (QED) is 0.372. The lowest BCUT2D eigenvalue weighted by Crippen LogP contribution is -2.25.